The molecule has 1 aliphatic carbocycles. The molecule has 7 heteroatoms. The van der Waals surface area contributed by atoms with Gasteiger partial charge in [-0.15, -0.1) is 6.42 Å². The van der Waals surface area contributed by atoms with Crippen LogP contribution in [0, 0.1) is 24.7 Å². The van der Waals surface area contributed by atoms with Gasteiger partial charge in [-0.05, 0) is 31.5 Å². The summed E-state index contributed by atoms with van der Waals surface area (Å²) in [6, 6.07) is 0. The normalized spacial score (nSPS) is 17.6. The monoisotopic (exact) mass is 393 g/mol. The van der Waals surface area contributed by atoms with Crippen molar-refractivity contribution in [2.45, 2.75) is 26.2 Å². The summed E-state index contributed by atoms with van der Waals surface area (Å²) in [6.07, 6.45) is 12.1. The lowest BCUT2D eigenvalue weighted by Crippen LogP contribution is -2.36. The second-order valence-corrected chi connectivity index (χ2v) is 7.18. The smallest absolute Gasteiger partial charge is 0.179 e. The van der Waals surface area contributed by atoms with E-state index in [-0.39, 0.29) is 11.6 Å². The lowest BCUT2D eigenvalue weighted by atomic mass is 10.0. The van der Waals surface area contributed by atoms with E-state index < -0.39 is 0 Å². The highest BCUT2D eigenvalue weighted by molar-refractivity contribution is 6.09. The topological polar surface area (TPSA) is 108 Å². The Kier molecular flexibility index (Phi) is 6.81. The lowest BCUT2D eigenvalue weighted by molar-refractivity contribution is 0.0371. The van der Waals surface area contributed by atoms with Crippen LogP contribution in [-0.2, 0) is 4.74 Å². The van der Waals surface area contributed by atoms with Crippen LogP contribution in [0.25, 0.3) is 0 Å². The first-order chi connectivity index (χ1) is 14.0. The molecular formula is C22H27N5O2. The van der Waals surface area contributed by atoms with Crippen LogP contribution in [-0.4, -0.2) is 60.6 Å². The summed E-state index contributed by atoms with van der Waals surface area (Å²) < 4.78 is 5.35. The van der Waals surface area contributed by atoms with Crippen LogP contribution < -0.4 is 5.73 Å². The molecule has 1 fully saturated rings. The molecule has 3 rings (SSSR count). The van der Waals surface area contributed by atoms with E-state index in [9.17, 15) is 4.79 Å². The van der Waals surface area contributed by atoms with Crippen molar-refractivity contribution in [3.63, 3.8) is 0 Å². The average molecular weight is 393 g/mol. The van der Waals surface area contributed by atoms with Crippen molar-refractivity contribution in [3.8, 4) is 12.3 Å². The van der Waals surface area contributed by atoms with Gasteiger partial charge in [0.15, 0.2) is 5.78 Å². The summed E-state index contributed by atoms with van der Waals surface area (Å²) in [5.74, 6) is 2.88. The number of aliphatic imine (C=N–C) groups is 1. The van der Waals surface area contributed by atoms with Crippen LogP contribution in [0.2, 0.25) is 0 Å². The van der Waals surface area contributed by atoms with Crippen molar-refractivity contribution in [3.05, 3.63) is 45.9 Å². The Labute approximate surface area is 171 Å². The van der Waals surface area contributed by atoms with Crippen molar-refractivity contribution in [2.24, 2.45) is 10.7 Å². The van der Waals surface area contributed by atoms with Gasteiger partial charge in [0, 0.05) is 49.0 Å². The second kappa shape index (κ2) is 9.50. The molecule has 7 nitrogen and oxygen atoms in total. The number of Topliss-reactive ketones (excluding diaryl/α,β-unsaturated/α-hetero) is 1. The number of ether oxygens (including phenoxy) is 1. The van der Waals surface area contributed by atoms with Crippen LogP contribution in [0.15, 0.2) is 28.4 Å². The molecule has 1 saturated heterocycles. The number of aromatic amines is 1. The molecule has 29 heavy (non-hydrogen) atoms. The minimum Gasteiger partial charge on any atom is -0.383 e. The molecule has 1 aromatic rings. The fraction of sp³-hybridized carbons (Fsp3) is 0.409. The molecule has 0 spiro atoms. The molecule has 152 valence electrons. The zero-order chi connectivity index (χ0) is 20.8. The minimum absolute atomic E-state index is 0.0225. The van der Waals surface area contributed by atoms with E-state index >= 15 is 0 Å². The van der Waals surface area contributed by atoms with Gasteiger partial charge in [0.25, 0.3) is 0 Å². The van der Waals surface area contributed by atoms with Gasteiger partial charge in [0.1, 0.15) is 5.84 Å². The van der Waals surface area contributed by atoms with Gasteiger partial charge < -0.3 is 20.9 Å². The molecule has 0 saturated carbocycles. The molecule has 0 radical (unpaired) electrons. The molecule has 0 aromatic carbocycles. The van der Waals surface area contributed by atoms with Crippen LogP contribution >= 0.6 is 0 Å². The maximum absolute atomic E-state index is 12.8. The summed E-state index contributed by atoms with van der Waals surface area (Å²) in [7, 11) is 0. The van der Waals surface area contributed by atoms with Crippen LogP contribution in [0.4, 0.5) is 0 Å². The van der Waals surface area contributed by atoms with Crippen LogP contribution in [0.3, 0.4) is 0 Å². The first-order valence-electron chi connectivity index (χ1n) is 9.81. The molecule has 2 aliphatic rings. The number of nitrogens with zero attached hydrogens (tertiary/aromatic N) is 2. The summed E-state index contributed by atoms with van der Waals surface area (Å²) in [5.41, 5.74) is 10.1. The Morgan fingerprint density at radius 1 is 1.48 bits per heavy atom. The highest BCUT2D eigenvalue weighted by Crippen LogP contribution is 2.22. The third-order valence-corrected chi connectivity index (χ3v) is 5.22. The van der Waals surface area contributed by atoms with E-state index in [1.165, 1.54) is 6.21 Å². The Balaban J connectivity index is 1.71. The number of nitrogens with one attached hydrogen (secondary N) is 2. The number of morpholine rings is 1. The molecule has 4 N–H and O–H groups in total. The van der Waals surface area contributed by atoms with E-state index in [2.05, 4.69) is 20.8 Å². The molecule has 0 unspecified atom stereocenters. The Morgan fingerprint density at radius 2 is 2.24 bits per heavy atom. The van der Waals surface area contributed by atoms with Crippen LogP contribution in [0.5, 0.6) is 0 Å². The van der Waals surface area contributed by atoms with E-state index in [4.69, 9.17) is 22.3 Å². The van der Waals surface area contributed by atoms with E-state index in [0.717, 1.165) is 56.1 Å². The standard InChI is InChI=1S/C22H27N5O2/c1-3-16-6-7-17(13-16)25-22(24)20-15(2)21(26-18(20)14-23)19(28)5-4-8-27-9-11-29-12-10-27/h1,6,13-14,23,26H,4-5,7-12H2,2H3,(H2,24,25). The van der Waals surface area contributed by atoms with Gasteiger partial charge in [0.05, 0.1) is 24.6 Å². The number of allylic oxidation sites excluding steroid dienone is 3. The molecule has 0 atom stereocenters. The Morgan fingerprint density at radius 3 is 2.90 bits per heavy atom. The number of rotatable bonds is 8. The lowest BCUT2D eigenvalue weighted by Gasteiger charge is -2.26. The van der Waals surface area contributed by atoms with E-state index in [1.807, 2.05) is 19.1 Å². The summed E-state index contributed by atoms with van der Waals surface area (Å²) in [4.78, 5) is 22.6. The van der Waals surface area contributed by atoms with Gasteiger partial charge in [-0.1, -0.05) is 12.0 Å². The minimum atomic E-state index is 0.0225. The number of aromatic nitrogens is 1. The number of carbonyl (C=O) groups excluding carboxylic acids is 1. The number of hydrogen-bond acceptors (Lipinski definition) is 5. The average Bonchev–Trinajstić information content (AvgIpc) is 3.32. The van der Waals surface area contributed by atoms with Crippen molar-refractivity contribution < 1.29 is 9.53 Å². The van der Waals surface area contributed by atoms with Gasteiger partial charge in [0.2, 0.25) is 0 Å². The number of hydrogen-bond donors (Lipinski definition) is 3. The van der Waals surface area contributed by atoms with Gasteiger partial charge in [-0.2, -0.15) is 0 Å². The van der Waals surface area contributed by atoms with Gasteiger partial charge in [-0.3, -0.25) is 9.69 Å². The first kappa shape index (κ1) is 20.8. The highest BCUT2D eigenvalue weighted by Gasteiger charge is 2.21. The molecule has 0 amide bonds. The maximum atomic E-state index is 12.8. The van der Waals surface area contributed by atoms with Crippen molar-refractivity contribution in [1.82, 2.24) is 9.88 Å². The fourth-order valence-electron chi connectivity index (χ4n) is 3.65. The maximum Gasteiger partial charge on any atom is 0.179 e. The SMILES string of the molecule is C#CC1=CCC(N=C(N)c2c(C=N)[nH]c(C(=O)CCCN3CCOCC3)c2C)=C1. The molecular weight excluding hydrogens is 366 g/mol. The van der Waals surface area contributed by atoms with Crippen molar-refractivity contribution in [1.29, 1.82) is 5.41 Å². The molecule has 1 aliphatic heterocycles. The zero-order valence-corrected chi connectivity index (χ0v) is 16.8. The summed E-state index contributed by atoms with van der Waals surface area (Å²) in [5, 5.41) is 7.70. The largest absolute Gasteiger partial charge is 0.383 e. The van der Waals surface area contributed by atoms with Crippen LogP contribution in [0.1, 0.15) is 46.6 Å². The summed E-state index contributed by atoms with van der Waals surface area (Å²) >= 11 is 0. The Hall–Kier alpha value is -2.95. The summed E-state index contributed by atoms with van der Waals surface area (Å²) in [6.45, 7) is 6.05. The number of ketones is 1. The van der Waals surface area contributed by atoms with Gasteiger partial charge in [-0.25, -0.2) is 4.99 Å². The second-order valence-electron chi connectivity index (χ2n) is 7.18. The van der Waals surface area contributed by atoms with Crippen molar-refractivity contribution >= 4 is 17.8 Å². The van der Waals surface area contributed by atoms with E-state index in [1.54, 1.807) is 0 Å². The highest BCUT2D eigenvalue weighted by atomic mass is 16.5. The molecule has 2 heterocycles. The predicted octanol–water partition coefficient (Wildman–Crippen LogP) is 2.17. The Bertz CT molecular complexity index is 924. The molecule has 1 aromatic heterocycles. The first-order valence-corrected chi connectivity index (χ1v) is 9.81. The van der Waals surface area contributed by atoms with Crippen molar-refractivity contribution in [2.75, 3.05) is 32.8 Å². The number of H-pyrrole nitrogens is 1. The number of carbonyl (C=O) groups is 1. The zero-order valence-electron chi connectivity index (χ0n) is 16.8. The number of nitrogens with two attached hydrogens (primary N) is 1. The molecule has 0 bridgehead atoms. The number of amidine groups is 1. The fourth-order valence-corrected chi connectivity index (χ4v) is 3.65. The number of terminal acetylenes is 1. The third kappa shape index (κ3) is 4.91. The predicted molar refractivity (Wildman–Crippen MR) is 115 cm³/mol. The van der Waals surface area contributed by atoms with E-state index in [0.29, 0.717) is 29.8 Å². The quantitative estimate of drug-likeness (QED) is 0.272. The third-order valence-electron chi connectivity index (χ3n) is 5.22. The van der Waals surface area contributed by atoms with Gasteiger partial charge >= 0.3 is 0 Å².